The van der Waals surface area contributed by atoms with E-state index in [0.717, 1.165) is 11.3 Å². The largest absolute Gasteiger partial charge is 0.345 e. The van der Waals surface area contributed by atoms with Gasteiger partial charge in [0.15, 0.2) is 5.69 Å². The highest BCUT2D eigenvalue weighted by atomic mass is 32.1. The molecule has 8 nitrogen and oxygen atoms in total. The van der Waals surface area contributed by atoms with Crippen LogP contribution in [0.15, 0.2) is 16.4 Å². The van der Waals surface area contributed by atoms with E-state index in [1.54, 1.807) is 5.38 Å². The van der Waals surface area contributed by atoms with Gasteiger partial charge in [0.25, 0.3) is 5.91 Å². The van der Waals surface area contributed by atoms with Gasteiger partial charge >= 0.3 is 4.87 Å². The molecule has 0 bridgehead atoms. The van der Waals surface area contributed by atoms with Crippen molar-refractivity contribution in [2.45, 2.75) is 26.3 Å². The van der Waals surface area contributed by atoms with Crippen LogP contribution in [0.2, 0.25) is 0 Å². The maximum atomic E-state index is 12.2. The lowest BCUT2D eigenvalue weighted by Crippen LogP contribution is -2.27. The summed E-state index contributed by atoms with van der Waals surface area (Å²) >= 11 is 1.05. The van der Waals surface area contributed by atoms with Gasteiger partial charge in [-0.3, -0.25) is 15.4 Å². The predicted molar refractivity (Wildman–Crippen MR) is 80.0 cm³/mol. The minimum absolute atomic E-state index is 0.0941. The second kappa shape index (κ2) is 6.46. The van der Waals surface area contributed by atoms with Crippen LogP contribution in [0.5, 0.6) is 0 Å². The van der Waals surface area contributed by atoms with E-state index < -0.39 is 0 Å². The van der Waals surface area contributed by atoms with Gasteiger partial charge in [-0.25, -0.2) is 9.97 Å². The number of hydrogen-bond donors (Lipinski definition) is 4. The fourth-order valence-electron chi connectivity index (χ4n) is 1.61. The number of anilines is 1. The summed E-state index contributed by atoms with van der Waals surface area (Å²) in [6, 6.07) is 0. The zero-order chi connectivity index (χ0) is 15.4. The first-order valence-electron chi connectivity index (χ1n) is 6.29. The van der Waals surface area contributed by atoms with Crippen LogP contribution < -0.4 is 21.5 Å². The fourth-order valence-corrected chi connectivity index (χ4v) is 2.19. The molecule has 0 aromatic carbocycles. The quantitative estimate of drug-likeness (QED) is 0.472. The number of aromatic nitrogens is 3. The average Bonchev–Trinajstić information content (AvgIpc) is 2.89. The van der Waals surface area contributed by atoms with E-state index in [4.69, 9.17) is 5.84 Å². The summed E-state index contributed by atoms with van der Waals surface area (Å²) in [5.74, 6) is 5.63. The number of carbonyl (C=O) groups is 1. The molecule has 9 heteroatoms. The Bertz CT molecular complexity index is 693. The van der Waals surface area contributed by atoms with Crippen LogP contribution in [-0.2, 0) is 6.54 Å². The molecular weight excluding hydrogens is 292 g/mol. The predicted octanol–water partition coefficient (Wildman–Crippen LogP) is 0.565. The van der Waals surface area contributed by atoms with Gasteiger partial charge in [0.2, 0.25) is 0 Å². The molecule has 2 rings (SSSR count). The molecule has 0 aliphatic rings. The van der Waals surface area contributed by atoms with Gasteiger partial charge in [0, 0.05) is 17.0 Å². The van der Waals surface area contributed by atoms with Crippen LogP contribution >= 0.6 is 11.3 Å². The molecular formula is C12H16N6O2S. The van der Waals surface area contributed by atoms with Crippen molar-refractivity contribution in [3.8, 4) is 0 Å². The highest BCUT2D eigenvalue weighted by molar-refractivity contribution is 7.07. The Kier molecular flexibility index (Phi) is 4.66. The van der Waals surface area contributed by atoms with E-state index in [9.17, 15) is 9.59 Å². The molecule has 2 aromatic rings. The first-order chi connectivity index (χ1) is 10.0. The third kappa shape index (κ3) is 3.64. The van der Waals surface area contributed by atoms with Crippen LogP contribution in [0, 0.1) is 0 Å². The lowest BCUT2D eigenvalue weighted by Gasteiger charge is -2.11. The number of H-pyrrole nitrogens is 1. The number of amides is 1. The molecule has 112 valence electrons. The lowest BCUT2D eigenvalue weighted by molar-refractivity contribution is 0.0946. The number of nitrogens with zero attached hydrogens (tertiary/aromatic N) is 2. The second-order valence-corrected chi connectivity index (χ2v) is 5.49. The van der Waals surface area contributed by atoms with E-state index in [1.165, 1.54) is 6.20 Å². The summed E-state index contributed by atoms with van der Waals surface area (Å²) in [6.07, 6.45) is 1.48. The second-order valence-electron chi connectivity index (χ2n) is 4.65. The topological polar surface area (TPSA) is 126 Å². The molecule has 0 radical (unpaired) electrons. The van der Waals surface area contributed by atoms with Crippen molar-refractivity contribution in [1.29, 1.82) is 0 Å². The normalized spacial score (nSPS) is 10.7. The van der Waals surface area contributed by atoms with Gasteiger partial charge in [-0.05, 0) is 0 Å². The highest BCUT2D eigenvalue weighted by Gasteiger charge is 2.16. The molecule has 0 aliphatic carbocycles. The Labute approximate surface area is 124 Å². The third-order valence-corrected chi connectivity index (χ3v) is 3.42. The van der Waals surface area contributed by atoms with Crippen molar-refractivity contribution < 1.29 is 4.79 Å². The SMILES string of the molecule is CC(C)c1ncc(NN)c(C(=O)NCc2csc(=O)[nH]2)n1. The van der Waals surface area contributed by atoms with E-state index in [-0.39, 0.29) is 28.9 Å². The van der Waals surface area contributed by atoms with E-state index in [2.05, 4.69) is 25.7 Å². The minimum atomic E-state index is -0.390. The first-order valence-corrected chi connectivity index (χ1v) is 7.17. The lowest BCUT2D eigenvalue weighted by atomic mass is 10.2. The zero-order valence-corrected chi connectivity index (χ0v) is 12.5. The van der Waals surface area contributed by atoms with Gasteiger partial charge in [0.1, 0.15) is 5.82 Å². The summed E-state index contributed by atoms with van der Waals surface area (Å²) < 4.78 is 0. The summed E-state index contributed by atoms with van der Waals surface area (Å²) in [5.41, 5.74) is 3.56. The first kappa shape index (κ1) is 15.1. The van der Waals surface area contributed by atoms with Crippen LogP contribution in [0.3, 0.4) is 0 Å². The number of aromatic amines is 1. The molecule has 0 fully saturated rings. The molecule has 0 unspecified atom stereocenters. The van der Waals surface area contributed by atoms with Gasteiger partial charge < -0.3 is 15.7 Å². The number of hydrazine groups is 1. The average molecular weight is 308 g/mol. The van der Waals surface area contributed by atoms with Crippen molar-refractivity contribution in [2.75, 3.05) is 5.43 Å². The smallest absolute Gasteiger partial charge is 0.304 e. The Morgan fingerprint density at radius 1 is 1.52 bits per heavy atom. The third-order valence-electron chi connectivity index (χ3n) is 2.70. The van der Waals surface area contributed by atoms with E-state index in [0.29, 0.717) is 17.2 Å². The maximum absolute atomic E-state index is 12.2. The summed E-state index contributed by atoms with van der Waals surface area (Å²) in [4.78, 5) is 34.0. The highest BCUT2D eigenvalue weighted by Crippen LogP contribution is 2.15. The van der Waals surface area contributed by atoms with E-state index >= 15 is 0 Å². The monoisotopic (exact) mass is 308 g/mol. The van der Waals surface area contributed by atoms with Crippen molar-refractivity contribution in [1.82, 2.24) is 20.3 Å². The number of thiazole rings is 1. The number of rotatable bonds is 5. The molecule has 2 aromatic heterocycles. The zero-order valence-electron chi connectivity index (χ0n) is 11.6. The molecule has 21 heavy (non-hydrogen) atoms. The Balaban J connectivity index is 2.17. The molecule has 0 saturated carbocycles. The molecule has 0 aliphatic heterocycles. The minimum Gasteiger partial charge on any atom is -0.345 e. The number of carbonyl (C=O) groups excluding carboxylic acids is 1. The summed E-state index contributed by atoms with van der Waals surface area (Å²) in [7, 11) is 0. The standard InChI is InChI=1S/C12H16N6O2S/c1-6(2)10-14-4-8(18-13)9(17-10)11(19)15-3-7-5-21-12(20)16-7/h4-6,18H,3,13H2,1-2H3,(H,15,19)(H,16,20). The van der Waals surface area contributed by atoms with Crippen molar-refractivity contribution in [3.05, 3.63) is 38.5 Å². The number of nitrogens with two attached hydrogens (primary N) is 1. The maximum Gasteiger partial charge on any atom is 0.304 e. The van der Waals surface area contributed by atoms with Crippen LogP contribution in [-0.4, -0.2) is 20.9 Å². The Morgan fingerprint density at radius 2 is 2.29 bits per heavy atom. The van der Waals surface area contributed by atoms with Gasteiger partial charge in [-0.1, -0.05) is 25.2 Å². The fraction of sp³-hybridized carbons (Fsp3) is 0.333. The Hall–Kier alpha value is -2.26. The molecule has 0 saturated heterocycles. The molecule has 2 heterocycles. The van der Waals surface area contributed by atoms with Gasteiger partial charge in [0.05, 0.1) is 18.4 Å². The molecule has 0 atom stereocenters. The van der Waals surface area contributed by atoms with Crippen LogP contribution in [0.25, 0.3) is 0 Å². The Morgan fingerprint density at radius 3 is 2.86 bits per heavy atom. The van der Waals surface area contributed by atoms with Crippen molar-refractivity contribution in [2.24, 2.45) is 5.84 Å². The van der Waals surface area contributed by atoms with Gasteiger partial charge in [-0.15, -0.1) is 0 Å². The number of nitrogen functional groups attached to an aromatic ring is 1. The van der Waals surface area contributed by atoms with Crippen LogP contribution in [0.4, 0.5) is 5.69 Å². The van der Waals surface area contributed by atoms with Crippen LogP contribution in [0.1, 0.15) is 41.8 Å². The number of nitrogens with one attached hydrogen (secondary N) is 3. The van der Waals surface area contributed by atoms with E-state index in [1.807, 2.05) is 13.8 Å². The number of hydrogen-bond acceptors (Lipinski definition) is 7. The molecule has 0 spiro atoms. The van der Waals surface area contributed by atoms with Crippen molar-refractivity contribution in [3.63, 3.8) is 0 Å². The van der Waals surface area contributed by atoms with Gasteiger partial charge in [-0.2, -0.15) is 0 Å². The summed E-state index contributed by atoms with van der Waals surface area (Å²) in [5, 5.41) is 4.34. The summed E-state index contributed by atoms with van der Waals surface area (Å²) in [6.45, 7) is 4.08. The van der Waals surface area contributed by atoms with Crippen molar-refractivity contribution >= 4 is 22.9 Å². The molecule has 1 amide bonds. The molecule has 5 N–H and O–H groups in total.